The Bertz CT molecular complexity index is 1590. The van der Waals surface area contributed by atoms with Crippen LogP contribution in [0.2, 0.25) is 0 Å². The minimum absolute atomic E-state index is 0.0263. The first-order valence-corrected chi connectivity index (χ1v) is 12.6. The van der Waals surface area contributed by atoms with E-state index in [-0.39, 0.29) is 51.4 Å². The van der Waals surface area contributed by atoms with Gasteiger partial charge in [-0.1, -0.05) is 6.92 Å². The lowest BCUT2D eigenvalue weighted by Gasteiger charge is -2.06. The molecule has 1 N–H and O–H groups in total. The highest BCUT2D eigenvalue weighted by molar-refractivity contribution is 7.91. The topological polar surface area (TPSA) is 111 Å². The van der Waals surface area contributed by atoms with Crippen molar-refractivity contribution in [1.29, 1.82) is 0 Å². The SMILES string of the molecule is CCS(=O)(=O)c1c(-c2nc3cc(C(F)(F)F)cnc3n2C)nc2cc(C(=O)CNC3CC3)ccn12. The normalized spacial score (nSPS) is 14.8. The quantitative estimate of drug-likeness (QED) is 0.384. The summed E-state index contributed by atoms with van der Waals surface area (Å²) in [5.74, 6) is -0.346. The Kier molecular flexibility index (Phi) is 5.44. The average Bonchev–Trinajstić information content (AvgIpc) is 3.48. The number of halogens is 3. The highest BCUT2D eigenvalue weighted by atomic mass is 32.2. The molecule has 0 radical (unpaired) electrons. The van der Waals surface area contributed by atoms with Crippen LogP contribution in [0.4, 0.5) is 13.2 Å². The number of hydrogen-bond donors (Lipinski definition) is 1. The lowest BCUT2D eigenvalue weighted by Crippen LogP contribution is -2.24. The molecule has 0 atom stereocenters. The Labute approximate surface area is 197 Å². The predicted octanol–water partition coefficient (Wildman–Crippen LogP) is 3.03. The van der Waals surface area contributed by atoms with Crippen LogP contribution < -0.4 is 5.32 Å². The molecular formula is C22H21F3N6O3S. The second-order valence-corrected chi connectivity index (χ2v) is 10.6. The van der Waals surface area contributed by atoms with Crippen LogP contribution in [0.25, 0.3) is 28.3 Å². The minimum Gasteiger partial charge on any atom is -0.310 e. The molecule has 184 valence electrons. The molecule has 0 saturated heterocycles. The van der Waals surface area contributed by atoms with Gasteiger partial charge in [-0.3, -0.25) is 9.20 Å². The van der Waals surface area contributed by atoms with Crippen molar-refractivity contribution in [3.8, 4) is 11.5 Å². The molecule has 35 heavy (non-hydrogen) atoms. The first-order valence-electron chi connectivity index (χ1n) is 10.9. The van der Waals surface area contributed by atoms with E-state index in [1.165, 1.54) is 41.3 Å². The summed E-state index contributed by atoms with van der Waals surface area (Å²) in [5.41, 5.74) is -0.316. The van der Waals surface area contributed by atoms with E-state index >= 15 is 0 Å². The van der Waals surface area contributed by atoms with Crippen LogP contribution in [0.5, 0.6) is 0 Å². The number of Topliss-reactive ketones (excluding diaryl/α,β-unsaturated/α-hetero) is 1. The van der Waals surface area contributed by atoms with Crippen LogP contribution in [0.3, 0.4) is 0 Å². The van der Waals surface area contributed by atoms with E-state index < -0.39 is 21.6 Å². The summed E-state index contributed by atoms with van der Waals surface area (Å²) >= 11 is 0. The molecule has 5 rings (SSSR count). The van der Waals surface area contributed by atoms with Gasteiger partial charge in [0.15, 0.2) is 32.1 Å². The van der Waals surface area contributed by atoms with Crippen LogP contribution in [-0.4, -0.2) is 56.5 Å². The molecule has 0 spiro atoms. The Morgan fingerprint density at radius 2 is 1.97 bits per heavy atom. The molecule has 0 bridgehead atoms. The Morgan fingerprint density at radius 1 is 1.23 bits per heavy atom. The van der Waals surface area contributed by atoms with E-state index in [9.17, 15) is 26.4 Å². The van der Waals surface area contributed by atoms with E-state index in [1.54, 1.807) is 0 Å². The Balaban J connectivity index is 1.67. The molecule has 13 heteroatoms. The third-order valence-electron chi connectivity index (χ3n) is 5.96. The van der Waals surface area contributed by atoms with Gasteiger partial charge in [0.2, 0.25) is 0 Å². The monoisotopic (exact) mass is 506 g/mol. The Hall–Kier alpha value is -3.32. The van der Waals surface area contributed by atoms with Gasteiger partial charge in [0.1, 0.15) is 16.9 Å². The molecule has 1 fully saturated rings. The number of nitrogens with one attached hydrogen (secondary N) is 1. The van der Waals surface area contributed by atoms with Crippen molar-refractivity contribution in [1.82, 2.24) is 29.2 Å². The van der Waals surface area contributed by atoms with E-state index in [2.05, 4.69) is 20.3 Å². The van der Waals surface area contributed by atoms with Crippen molar-refractivity contribution in [3.05, 3.63) is 41.7 Å². The number of aromatic nitrogens is 5. The van der Waals surface area contributed by atoms with Crippen molar-refractivity contribution < 1.29 is 26.4 Å². The molecule has 1 aliphatic rings. The number of fused-ring (bicyclic) bond motifs is 2. The molecule has 0 aromatic carbocycles. The molecule has 1 aliphatic carbocycles. The van der Waals surface area contributed by atoms with Gasteiger partial charge in [0, 0.05) is 31.0 Å². The van der Waals surface area contributed by atoms with E-state index in [1.807, 2.05) is 0 Å². The van der Waals surface area contributed by atoms with Gasteiger partial charge >= 0.3 is 6.18 Å². The molecule has 0 aliphatic heterocycles. The largest absolute Gasteiger partial charge is 0.417 e. The van der Waals surface area contributed by atoms with Gasteiger partial charge in [-0.25, -0.2) is 23.4 Å². The number of aryl methyl sites for hydroxylation is 1. The lowest BCUT2D eigenvalue weighted by molar-refractivity contribution is -0.137. The number of alkyl halides is 3. The molecule has 0 unspecified atom stereocenters. The van der Waals surface area contributed by atoms with Crippen LogP contribution in [-0.2, 0) is 23.1 Å². The maximum Gasteiger partial charge on any atom is 0.417 e. The number of carbonyl (C=O) groups excluding carboxylic acids is 1. The van der Waals surface area contributed by atoms with Crippen molar-refractivity contribution >= 4 is 32.4 Å². The third kappa shape index (κ3) is 4.18. The van der Waals surface area contributed by atoms with Crippen molar-refractivity contribution in [3.63, 3.8) is 0 Å². The van der Waals surface area contributed by atoms with Crippen LogP contribution in [0, 0.1) is 0 Å². The van der Waals surface area contributed by atoms with Crippen molar-refractivity contribution in [2.45, 2.75) is 37.0 Å². The van der Waals surface area contributed by atoms with E-state index in [0.29, 0.717) is 17.8 Å². The molecule has 0 amide bonds. The summed E-state index contributed by atoms with van der Waals surface area (Å²) < 4.78 is 68.3. The molecule has 4 heterocycles. The number of imidazole rings is 2. The zero-order valence-electron chi connectivity index (χ0n) is 18.8. The fourth-order valence-electron chi connectivity index (χ4n) is 3.84. The fourth-order valence-corrected chi connectivity index (χ4v) is 5.00. The number of sulfone groups is 1. The maximum atomic E-state index is 13.2. The summed E-state index contributed by atoms with van der Waals surface area (Å²) in [5, 5.41) is 2.99. The van der Waals surface area contributed by atoms with Gasteiger partial charge in [0.25, 0.3) is 0 Å². The highest BCUT2D eigenvalue weighted by Crippen LogP contribution is 2.33. The van der Waals surface area contributed by atoms with Gasteiger partial charge in [-0.15, -0.1) is 0 Å². The Morgan fingerprint density at radius 3 is 2.63 bits per heavy atom. The van der Waals surface area contributed by atoms with Gasteiger partial charge in [-0.05, 0) is 31.0 Å². The lowest BCUT2D eigenvalue weighted by atomic mass is 10.2. The second kappa shape index (κ2) is 8.12. The number of nitrogens with zero attached hydrogens (tertiary/aromatic N) is 5. The number of pyridine rings is 2. The van der Waals surface area contributed by atoms with Gasteiger partial charge < -0.3 is 9.88 Å². The van der Waals surface area contributed by atoms with Crippen molar-refractivity contribution in [2.75, 3.05) is 12.3 Å². The predicted molar refractivity (Wildman–Crippen MR) is 121 cm³/mol. The van der Waals surface area contributed by atoms with Crippen LogP contribution in [0.1, 0.15) is 35.7 Å². The third-order valence-corrected chi connectivity index (χ3v) is 7.69. The number of hydrogen-bond acceptors (Lipinski definition) is 7. The standard InChI is InChI=1S/C22H21F3N6O3S/c1-3-35(33,34)21-18(20-28-15-9-13(22(23,24)25)10-27-19(15)30(20)2)29-17-8-12(6-7-31(17)21)16(32)11-26-14-4-5-14/h6-10,14,26H,3-5,11H2,1-2H3. The minimum atomic E-state index is -4.60. The molecule has 4 aromatic heterocycles. The summed E-state index contributed by atoms with van der Waals surface area (Å²) in [6.45, 7) is 1.64. The van der Waals surface area contributed by atoms with Crippen LogP contribution in [0.15, 0.2) is 35.6 Å². The second-order valence-electron chi connectivity index (χ2n) is 8.45. The summed E-state index contributed by atoms with van der Waals surface area (Å²) in [7, 11) is -2.32. The summed E-state index contributed by atoms with van der Waals surface area (Å²) in [6.07, 6.45) is -0.372. The number of ketones is 1. The first kappa shape index (κ1) is 23.4. The smallest absolute Gasteiger partial charge is 0.310 e. The molecule has 9 nitrogen and oxygen atoms in total. The molecule has 1 saturated carbocycles. The zero-order valence-corrected chi connectivity index (χ0v) is 19.6. The zero-order chi connectivity index (χ0) is 25.1. The van der Waals surface area contributed by atoms with E-state index in [4.69, 9.17) is 0 Å². The van der Waals surface area contributed by atoms with Crippen molar-refractivity contribution in [2.24, 2.45) is 7.05 Å². The average molecular weight is 507 g/mol. The summed E-state index contributed by atoms with van der Waals surface area (Å²) in [4.78, 5) is 25.2. The molecular weight excluding hydrogens is 485 g/mol. The summed E-state index contributed by atoms with van der Waals surface area (Å²) in [6, 6.07) is 4.23. The van der Waals surface area contributed by atoms with Gasteiger partial charge in [0.05, 0.1) is 17.9 Å². The number of rotatable bonds is 7. The molecule has 4 aromatic rings. The highest BCUT2D eigenvalue weighted by Gasteiger charge is 2.33. The number of carbonyl (C=O) groups is 1. The van der Waals surface area contributed by atoms with Crippen LogP contribution >= 0.6 is 0 Å². The maximum absolute atomic E-state index is 13.2. The van der Waals surface area contributed by atoms with Gasteiger partial charge in [-0.2, -0.15) is 13.2 Å². The van der Waals surface area contributed by atoms with E-state index in [0.717, 1.165) is 18.9 Å². The first-order chi connectivity index (χ1) is 16.5. The fraction of sp³-hybridized carbons (Fsp3) is 0.364.